The lowest BCUT2D eigenvalue weighted by atomic mass is 10.1. The summed E-state index contributed by atoms with van der Waals surface area (Å²) in [6.07, 6.45) is 3.40. The summed E-state index contributed by atoms with van der Waals surface area (Å²) in [5, 5.41) is 4.98. The predicted octanol–water partition coefficient (Wildman–Crippen LogP) is 4.06. The van der Waals surface area contributed by atoms with Gasteiger partial charge in [-0.15, -0.1) is 0 Å². The van der Waals surface area contributed by atoms with Gasteiger partial charge in [0.2, 0.25) is 0 Å². The molecule has 4 rings (SSSR count). The molecule has 4 aromatic rings. The molecule has 0 fully saturated rings. The molecule has 1 aromatic carbocycles. The topological polar surface area (TPSA) is 62.7 Å². The molecule has 3 aromatic heterocycles. The molecular weight excluding hydrogens is 380 g/mol. The number of hydrogen-bond donors (Lipinski definition) is 2. The zero-order valence-corrected chi connectivity index (χ0v) is 15.5. The first kappa shape index (κ1) is 15.9. The van der Waals surface area contributed by atoms with Gasteiger partial charge in [-0.05, 0) is 52.7 Å². The molecule has 25 heavy (non-hydrogen) atoms. The first-order valence-corrected chi connectivity index (χ1v) is 8.78. The van der Waals surface area contributed by atoms with Gasteiger partial charge in [0.05, 0.1) is 5.56 Å². The molecule has 5 nitrogen and oxygen atoms in total. The monoisotopic (exact) mass is 396 g/mol. The number of carbonyl (C=O) groups is 1. The molecule has 0 spiro atoms. The maximum atomic E-state index is 12.5. The van der Waals surface area contributed by atoms with Crippen molar-refractivity contribution < 1.29 is 4.79 Å². The molecule has 0 atom stereocenters. The van der Waals surface area contributed by atoms with Gasteiger partial charge < -0.3 is 14.9 Å². The largest absolute Gasteiger partial charge is 0.348 e. The highest BCUT2D eigenvalue weighted by atomic mass is 79.9. The van der Waals surface area contributed by atoms with Crippen LogP contribution in [0.1, 0.15) is 21.6 Å². The van der Waals surface area contributed by atoms with Crippen molar-refractivity contribution in [2.45, 2.75) is 13.5 Å². The SMILES string of the molecule is Cc1cc2cc(CNC(=O)c3c[nH]c4ncc(Br)cc34)ccc2n1C. The Labute approximate surface area is 153 Å². The quantitative estimate of drug-likeness (QED) is 0.548. The second-order valence-electron chi connectivity index (χ2n) is 6.17. The van der Waals surface area contributed by atoms with Crippen LogP contribution in [0.3, 0.4) is 0 Å². The standard InChI is InChI=1S/C19H17BrN4O/c1-11-5-13-6-12(3-4-17(13)24(11)2)8-23-19(25)16-10-22-18-15(16)7-14(20)9-21-18/h3-7,9-10H,8H2,1-2H3,(H,21,22)(H,23,25). The van der Waals surface area contributed by atoms with Crippen molar-refractivity contribution in [1.82, 2.24) is 19.9 Å². The molecule has 0 unspecified atom stereocenters. The van der Waals surface area contributed by atoms with E-state index < -0.39 is 0 Å². The van der Waals surface area contributed by atoms with E-state index in [0.717, 1.165) is 15.4 Å². The van der Waals surface area contributed by atoms with E-state index in [9.17, 15) is 4.79 Å². The normalized spacial score (nSPS) is 11.3. The number of aryl methyl sites for hydroxylation is 2. The number of nitrogens with zero attached hydrogens (tertiary/aromatic N) is 2. The van der Waals surface area contributed by atoms with Crippen molar-refractivity contribution in [2.75, 3.05) is 0 Å². The van der Waals surface area contributed by atoms with Gasteiger partial charge >= 0.3 is 0 Å². The molecule has 3 heterocycles. The van der Waals surface area contributed by atoms with E-state index in [1.54, 1.807) is 12.4 Å². The number of pyridine rings is 1. The Hall–Kier alpha value is -2.60. The number of aromatic amines is 1. The van der Waals surface area contributed by atoms with Crippen molar-refractivity contribution >= 4 is 43.8 Å². The van der Waals surface area contributed by atoms with E-state index in [1.165, 1.54) is 16.6 Å². The fourth-order valence-electron chi connectivity index (χ4n) is 3.09. The van der Waals surface area contributed by atoms with Crippen LogP contribution in [0.15, 0.2) is 47.2 Å². The van der Waals surface area contributed by atoms with Crippen molar-refractivity contribution in [2.24, 2.45) is 7.05 Å². The van der Waals surface area contributed by atoms with E-state index >= 15 is 0 Å². The van der Waals surface area contributed by atoms with Crippen LogP contribution in [0, 0.1) is 6.92 Å². The summed E-state index contributed by atoms with van der Waals surface area (Å²) < 4.78 is 3.01. The Bertz CT molecular complexity index is 1110. The van der Waals surface area contributed by atoms with Crippen LogP contribution in [0.5, 0.6) is 0 Å². The number of fused-ring (bicyclic) bond motifs is 2. The minimum absolute atomic E-state index is 0.115. The van der Waals surface area contributed by atoms with Crippen LogP contribution in [0.4, 0.5) is 0 Å². The summed E-state index contributed by atoms with van der Waals surface area (Å²) in [7, 11) is 2.06. The fourth-order valence-corrected chi connectivity index (χ4v) is 3.42. The third-order valence-corrected chi connectivity index (χ3v) is 4.98. The average molecular weight is 397 g/mol. The Kier molecular flexibility index (Phi) is 3.84. The molecule has 2 N–H and O–H groups in total. The second-order valence-corrected chi connectivity index (χ2v) is 7.09. The first-order valence-electron chi connectivity index (χ1n) is 7.99. The number of nitrogens with one attached hydrogen (secondary N) is 2. The first-order chi connectivity index (χ1) is 12.0. The van der Waals surface area contributed by atoms with Gasteiger partial charge in [-0.2, -0.15) is 0 Å². The Balaban J connectivity index is 1.56. The molecule has 0 aliphatic heterocycles. The van der Waals surface area contributed by atoms with Crippen molar-refractivity contribution in [1.29, 1.82) is 0 Å². The Morgan fingerprint density at radius 3 is 3.00 bits per heavy atom. The lowest BCUT2D eigenvalue weighted by Gasteiger charge is -2.06. The summed E-state index contributed by atoms with van der Waals surface area (Å²) in [5.41, 5.74) is 4.79. The third kappa shape index (κ3) is 2.82. The molecule has 126 valence electrons. The maximum Gasteiger partial charge on any atom is 0.253 e. The lowest BCUT2D eigenvalue weighted by Crippen LogP contribution is -2.22. The van der Waals surface area contributed by atoms with Crippen LogP contribution in [0.2, 0.25) is 0 Å². The summed E-state index contributed by atoms with van der Waals surface area (Å²) in [6.45, 7) is 2.57. The Morgan fingerprint density at radius 1 is 1.32 bits per heavy atom. The molecule has 0 saturated carbocycles. The third-order valence-electron chi connectivity index (χ3n) is 4.54. The summed E-state index contributed by atoms with van der Waals surface area (Å²) >= 11 is 3.40. The number of amides is 1. The number of H-pyrrole nitrogens is 1. The zero-order chi connectivity index (χ0) is 17.6. The van der Waals surface area contributed by atoms with Gasteiger partial charge in [0.25, 0.3) is 5.91 Å². The smallest absolute Gasteiger partial charge is 0.253 e. The number of benzene rings is 1. The molecular formula is C19H17BrN4O. The summed E-state index contributed by atoms with van der Waals surface area (Å²) in [5.74, 6) is -0.115. The number of hydrogen-bond acceptors (Lipinski definition) is 2. The number of rotatable bonds is 3. The van der Waals surface area contributed by atoms with Gasteiger partial charge in [0.15, 0.2) is 0 Å². The van der Waals surface area contributed by atoms with Crippen molar-refractivity contribution in [3.05, 3.63) is 64.0 Å². The molecule has 0 bridgehead atoms. The predicted molar refractivity (Wildman–Crippen MR) is 103 cm³/mol. The fraction of sp³-hybridized carbons (Fsp3) is 0.158. The molecule has 6 heteroatoms. The number of carbonyl (C=O) groups excluding carboxylic acids is 1. The van der Waals surface area contributed by atoms with Crippen LogP contribution < -0.4 is 5.32 Å². The molecule has 0 aliphatic rings. The number of halogens is 1. The zero-order valence-electron chi connectivity index (χ0n) is 13.9. The van der Waals surface area contributed by atoms with E-state index in [-0.39, 0.29) is 5.91 Å². The minimum Gasteiger partial charge on any atom is -0.348 e. The van der Waals surface area contributed by atoms with Gasteiger partial charge in [0, 0.05) is 52.4 Å². The summed E-state index contributed by atoms with van der Waals surface area (Å²) in [4.78, 5) is 19.8. The second kappa shape index (κ2) is 6.04. The maximum absolute atomic E-state index is 12.5. The van der Waals surface area contributed by atoms with Crippen molar-refractivity contribution in [3.63, 3.8) is 0 Å². The Morgan fingerprint density at radius 2 is 2.16 bits per heavy atom. The van der Waals surface area contributed by atoms with Crippen molar-refractivity contribution in [3.8, 4) is 0 Å². The van der Waals surface area contributed by atoms with Crippen LogP contribution in [0.25, 0.3) is 21.9 Å². The minimum atomic E-state index is -0.115. The van der Waals surface area contributed by atoms with E-state index in [2.05, 4.69) is 74.0 Å². The highest BCUT2D eigenvalue weighted by Crippen LogP contribution is 2.22. The van der Waals surface area contributed by atoms with E-state index in [4.69, 9.17) is 0 Å². The number of aromatic nitrogens is 3. The highest BCUT2D eigenvalue weighted by Gasteiger charge is 2.13. The van der Waals surface area contributed by atoms with Crippen LogP contribution >= 0.6 is 15.9 Å². The molecule has 0 aliphatic carbocycles. The van der Waals surface area contributed by atoms with E-state index in [0.29, 0.717) is 17.8 Å². The van der Waals surface area contributed by atoms with Gasteiger partial charge in [-0.25, -0.2) is 4.98 Å². The van der Waals surface area contributed by atoms with Crippen LogP contribution in [-0.4, -0.2) is 20.4 Å². The lowest BCUT2D eigenvalue weighted by molar-refractivity contribution is 0.0952. The van der Waals surface area contributed by atoms with Gasteiger partial charge in [0.1, 0.15) is 5.65 Å². The molecule has 0 saturated heterocycles. The summed E-state index contributed by atoms with van der Waals surface area (Å²) in [6, 6.07) is 10.3. The van der Waals surface area contributed by atoms with Gasteiger partial charge in [-0.1, -0.05) is 6.07 Å². The van der Waals surface area contributed by atoms with E-state index in [1.807, 2.05) is 6.07 Å². The molecule has 0 radical (unpaired) electrons. The highest BCUT2D eigenvalue weighted by molar-refractivity contribution is 9.10. The average Bonchev–Trinajstić information content (AvgIpc) is 3.13. The van der Waals surface area contributed by atoms with Crippen LogP contribution in [-0.2, 0) is 13.6 Å². The molecule has 1 amide bonds. The van der Waals surface area contributed by atoms with Gasteiger partial charge in [-0.3, -0.25) is 4.79 Å².